The van der Waals surface area contributed by atoms with Gasteiger partial charge >= 0.3 is 0 Å². The Kier molecular flexibility index (Phi) is 4.10. The molecule has 0 radical (unpaired) electrons. The van der Waals surface area contributed by atoms with Crippen molar-refractivity contribution in [2.24, 2.45) is 23.7 Å². The minimum atomic E-state index is 0.147. The van der Waals surface area contributed by atoms with E-state index in [4.69, 9.17) is 4.74 Å². The maximum atomic E-state index is 7.78. The molecule has 0 aromatic heterocycles. The number of piperidine rings is 2. The van der Waals surface area contributed by atoms with Crippen LogP contribution in [-0.2, 0) is 15.6 Å². The monoisotopic (exact) mass is 570 g/mol. The van der Waals surface area contributed by atoms with E-state index in [-0.39, 0.29) is 23.3 Å². The quantitative estimate of drug-likeness (QED) is 0.401. The van der Waals surface area contributed by atoms with Crippen LogP contribution in [0.15, 0.2) is 71.8 Å². The highest BCUT2D eigenvalue weighted by atomic mass is 16.5. The fourth-order valence-electron chi connectivity index (χ4n) is 14.2. The van der Waals surface area contributed by atoms with E-state index in [0.29, 0.717) is 47.8 Å². The zero-order valence-corrected chi connectivity index (χ0v) is 25.4. The van der Waals surface area contributed by atoms with E-state index in [1.165, 1.54) is 50.1 Å². The van der Waals surface area contributed by atoms with Gasteiger partial charge in [-0.15, -0.1) is 0 Å². The first-order valence-electron chi connectivity index (χ1n) is 17.4. The average Bonchev–Trinajstić information content (AvgIpc) is 3.80. The largest absolute Gasteiger partial charge is 0.341 e. The van der Waals surface area contributed by atoms with Crippen LogP contribution in [0.2, 0.25) is 0 Å². The van der Waals surface area contributed by atoms with Crippen molar-refractivity contribution < 1.29 is 4.74 Å². The third-order valence-electron chi connectivity index (χ3n) is 15.3. The number of ether oxygens (including phenoxy) is 1. The molecule has 6 saturated heterocycles. The zero-order valence-electron chi connectivity index (χ0n) is 25.4. The molecule has 10 aliphatic rings. The topological polar surface area (TPSA) is 22.2 Å². The minimum absolute atomic E-state index is 0.147. The van der Waals surface area contributed by atoms with Crippen molar-refractivity contribution in [3.8, 4) is 0 Å². The lowest BCUT2D eigenvalue weighted by atomic mass is 9.51. The number of nitrogens with zero attached hydrogens (tertiary/aromatic N) is 4. The molecule has 6 bridgehead atoms. The molecule has 2 saturated carbocycles. The van der Waals surface area contributed by atoms with Crippen molar-refractivity contribution in [2.45, 2.75) is 87.0 Å². The highest BCUT2D eigenvalue weighted by molar-refractivity contribution is 5.73. The summed E-state index contributed by atoms with van der Waals surface area (Å²) in [4.78, 5) is 11.7. The Labute approximate surface area is 255 Å². The summed E-state index contributed by atoms with van der Waals surface area (Å²) in [6, 6.07) is 21.7. The fraction of sp³-hybridized carbons (Fsp3) is 0.579. The van der Waals surface area contributed by atoms with Crippen molar-refractivity contribution in [3.63, 3.8) is 0 Å². The molecule has 0 unspecified atom stereocenters. The summed E-state index contributed by atoms with van der Waals surface area (Å²) in [5.74, 6) is 2.16. The third-order valence-corrected chi connectivity index (χ3v) is 15.3. The number of allylic oxidation sites excluding steroid dienone is 2. The number of hydrogen-bond donors (Lipinski definition) is 0. The van der Waals surface area contributed by atoms with E-state index in [2.05, 4.69) is 94.1 Å². The highest BCUT2D eigenvalue weighted by Crippen LogP contribution is 2.72. The Balaban J connectivity index is 1.16. The van der Waals surface area contributed by atoms with Gasteiger partial charge in [-0.3, -0.25) is 9.80 Å². The number of hydrogen-bond acceptors (Lipinski definition) is 5. The molecule has 2 spiro atoms. The second-order valence-corrected chi connectivity index (χ2v) is 15.8. The molecule has 0 N–H and O–H groups in total. The van der Waals surface area contributed by atoms with Crippen LogP contribution in [0.1, 0.15) is 50.7 Å². The summed E-state index contributed by atoms with van der Waals surface area (Å²) in [5.41, 5.74) is 10.2. The Hall–Kier alpha value is -2.60. The lowest BCUT2D eigenvalue weighted by Gasteiger charge is -2.69. The molecule has 5 nitrogen and oxygen atoms in total. The van der Waals surface area contributed by atoms with Gasteiger partial charge in [-0.05, 0) is 87.7 Å². The van der Waals surface area contributed by atoms with E-state index in [1.54, 1.807) is 22.3 Å². The van der Waals surface area contributed by atoms with Crippen molar-refractivity contribution >= 4 is 11.4 Å². The minimum Gasteiger partial charge on any atom is -0.341 e. The lowest BCUT2D eigenvalue weighted by molar-refractivity contribution is -0.198. The molecular weight excluding hydrogens is 528 g/mol. The van der Waals surface area contributed by atoms with Gasteiger partial charge in [-0.2, -0.15) is 0 Å². The summed E-state index contributed by atoms with van der Waals surface area (Å²) in [6.07, 6.45) is 10.5. The molecule has 8 aliphatic heterocycles. The number of fused-ring (bicyclic) bond motifs is 14. The van der Waals surface area contributed by atoms with Crippen molar-refractivity contribution in [2.75, 3.05) is 36.0 Å². The van der Waals surface area contributed by atoms with Crippen LogP contribution in [0.4, 0.5) is 11.4 Å². The van der Waals surface area contributed by atoms with Crippen molar-refractivity contribution in [3.05, 3.63) is 83.0 Å². The Morgan fingerprint density at radius 2 is 1.14 bits per heavy atom. The van der Waals surface area contributed by atoms with E-state index in [1.807, 2.05) is 0 Å². The second-order valence-electron chi connectivity index (χ2n) is 15.8. The molecule has 12 atom stereocenters. The Morgan fingerprint density at radius 3 is 1.60 bits per heavy atom. The third kappa shape index (κ3) is 2.28. The summed E-state index contributed by atoms with van der Waals surface area (Å²) in [5, 5.41) is 0. The van der Waals surface area contributed by atoms with Gasteiger partial charge in [0.1, 0.15) is 12.5 Å². The summed E-state index contributed by atoms with van der Waals surface area (Å²) >= 11 is 0. The standard InChI is InChI=1S/C38H42N4O/c1-3-21-19-39-15-13-37-25-9-5-7-11-27(25)41-33(37)31(23(21)17-29(37)39)35-42-28-12-8-6-10-26(28)38-14-16-40-20-22(4-2)24(18-30(38)40)32(34(38)42)36(41)43-35/h3-12,23-24,29-36H,13-20H2,1-2H3/b21-3+,22-4+/t23-,24-,29-,30-,31-,32-,33-,34-,35+,36+,37+,38+/m0/s1. The van der Waals surface area contributed by atoms with Gasteiger partial charge in [-0.1, -0.05) is 59.7 Å². The van der Waals surface area contributed by atoms with Crippen LogP contribution in [0, 0.1) is 23.7 Å². The first kappa shape index (κ1) is 23.7. The second kappa shape index (κ2) is 7.43. The Bertz CT molecular complexity index is 1560. The molecule has 0 amide bonds. The summed E-state index contributed by atoms with van der Waals surface area (Å²) in [7, 11) is 0. The lowest BCUT2D eigenvalue weighted by Crippen LogP contribution is -2.81. The van der Waals surface area contributed by atoms with Gasteiger partial charge < -0.3 is 14.5 Å². The van der Waals surface area contributed by atoms with Gasteiger partial charge in [-0.25, -0.2) is 0 Å². The van der Waals surface area contributed by atoms with Gasteiger partial charge in [0.15, 0.2) is 0 Å². The molecule has 2 aromatic carbocycles. The molecule has 2 aromatic rings. The number of anilines is 2. The normalized spacial score (nSPS) is 50.7. The first-order chi connectivity index (χ1) is 21.2. The average molecular weight is 571 g/mol. The summed E-state index contributed by atoms with van der Waals surface area (Å²) < 4.78 is 7.78. The molecule has 12 rings (SSSR count). The van der Waals surface area contributed by atoms with Crippen LogP contribution in [0.25, 0.3) is 0 Å². The smallest absolute Gasteiger partial charge is 0.138 e. The van der Waals surface area contributed by atoms with E-state index < -0.39 is 0 Å². The van der Waals surface area contributed by atoms with Crippen LogP contribution < -0.4 is 9.80 Å². The van der Waals surface area contributed by atoms with Crippen LogP contribution in [-0.4, -0.2) is 72.6 Å². The SMILES string of the molecule is C/C=C1\CN2CC[C@]34c5ccccc5N5[C@@H]6O[C@H]([C@H]([C@H]53)[C@H]1C[C@H]24)N1c2ccccc2[C@]23CCN4C/C(=C\C)[C@H](C[C@H]42)[C@H]6[C@H]13. The molecule has 5 heteroatoms. The molecule has 8 heterocycles. The predicted octanol–water partition coefficient (Wildman–Crippen LogP) is 5.28. The first-order valence-corrected chi connectivity index (χ1v) is 17.4. The molecule has 2 aliphatic carbocycles. The van der Waals surface area contributed by atoms with E-state index in [9.17, 15) is 0 Å². The molecule has 43 heavy (non-hydrogen) atoms. The van der Waals surface area contributed by atoms with Gasteiger partial charge in [0, 0.05) is 59.2 Å². The molecule has 8 fully saturated rings. The highest BCUT2D eigenvalue weighted by Gasteiger charge is 2.78. The van der Waals surface area contributed by atoms with Gasteiger partial charge in [0.2, 0.25) is 0 Å². The fourth-order valence-corrected chi connectivity index (χ4v) is 14.2. The van der Waals surface area contributed by atoms with Gasteiger partial charge in [0.25, 0.3) is 0 Å². The molecule has 220 valence electrons. The van der Waals surface area contributed by atoms with Crippen molar-refractivity contribution in [1.82, 2.24) is 9.80 Å². The van der Waals surface area contributed by atoms with Crippen LogP contribution in [0.5, 0.6) is 0 Å². The summed E-state index contributed by atoms with van der Waals surface area (Å²) in [6.45, 7) is 9.41. The predicted molar refractivity (Wildman–Crippen MR) is 168 cm³/mol. The maximum absolute atomic E-state index is 7.78. The number of rotatable bonds is 0. The van der Waals surface area contributed by atoms with E-state index in [0.717, 1.165) is 13.1 Å². The van der Waals surface area contributed by atoms with E-state index >= 15 is 0 Å². The van der Waals surface area contributed by atoms with Crippen LogP contribution in [0.3, 0.4) is 0 Å². The van der Waals surface area contributed by atoms with Gasteiger partial charge in [0.05, 0.1) is 12.1 Å². The number of para-hydroxylation sites is 2. The van der Waals surface area contributed by atoms with Crippen LogP contribution >= 0.6 is 0 Å². The van der Waals surface area contributed by atoms with Crippen molar-refractivity contribution in [1.29, 1.82) is 0 Å². The molecular formula is C38H42N4O. The Morgan fingerprint density at radius 1 is 0.674 bits per heavy atom. The number of benzene rings is 2. The maximum Gasteiger partial charge on any atom is 0.138 e. The zero-order chi connectivity index (χ0) is 28.0.